The van der Waals surface area contributed by atoms with Gasteiger partial charge in [-0.2, -0.15) is 0 Å². The molecule has 0 aliphatic carbocycles. The zero-order valence-corrected chi connectivity index (χ0v) is 18.1. The quantitative estimate of drug-likeness (QED) is 0.181. The summed E-state index contributed by atoms with van der Waals surface area (Å²) in [6.45, 7) is 2.72. The fourth-order valence-electron chi connectivity index (χ4n) is 2.57. The van der Waals surface area contributed by atoms with Crippen molar-refractivity contribution in [3.05, 3.63) is 60.7 Å². The van der Waals surface area contributed by atoms with E-state index < -0.39 is 0 Å². The van der Waals surface area contributed by atoms with Crippen LogP contribution in [0.25, 0.3) is 22.5 Å². The molecule has 0 radical (unpaired) electrons. The minimum atomic E-state index is -0.363. The van der Waals surface area contributed by atoms with Gasteiger partial charge in [-0.05, 0) is 6.42 Å². The molecule has 0 fully saturated rings. The summed E-state index contributed by atoms with van der Waals surface area (Å²) in [5, 5.41) is 0.269. The Labute approximate surface area is 183 Å². The van der Waals surface area contributed by atoms with Crippen molar-refractivity contribution in [2.75, 3.05) is 12.3 Å². The smallest absolute Gasteiger partial charge is 0.312 e. The van der Waals surface area contributed by atoms with Crippen molar-refractivity contribution in [1.29, 1.82) is 0 Å². The van der Waals surface area contributed by atoms with E-state index in [9.17, 15) is 9.59 Å². The number of hydrogen-bond donors (Lipinski definition) is 4. The first kappa shape index (κ1) is 21.9. The van der Waals surface area contributed by atoms with Gasteiger partial charge in [0.25, 0.3) is 0 Å². The average Bonchev–Trinajstić information content (AvgIpc) is 3.22. The van der Waals surface area contributed by atoms with Crippen LogP contribution in [0.5, 0.6) is 0 Å². The fourth-order valence-corrected chi connectivity index (χ4v) is 3.78. The molecule has 1 aromatic heterocycles. The topological polar surface area (TPSA) is 98.9 Å². The van der Waals surface area contributed by atoms with E-state index in [1.807, 2.05) is 67.6 Å². The van der Waals surface area contributed by atoms with Crippen LogP contribution in [0, 0.1) is 0 Å². The monoisotopic (exact) mass is 441 g/mol. The van der Waals surface area contributed by atoms with Crippen molar-refractivity contribution in [3.63, 3.8) is 0 Å². The molecule has 0 aliphatic rings. The minimum Gasteiger partial charge on any atom is -0.332 e. The van der Waals surface area contributed by atoms with E-state index in [0.29, 0.717) is 11.7 Å². The molecule has 0 atom stereocenters. The Balaban J connectivity index is 1.63. The van der Waals surface area contributed by atoms with Crippen LogP contribution < -0.4 is 15.6 Å². The molecule has 0 saturated heterocycles. The van der Waals surface area contributed by atoms with Crippen LogP contribution in [-0.4, -0.2) is 33.4 Å². The Morgan fingerprint density at radius 3 is 2.30 bits per heavy atom. The van der Waals surface area contributed by atoms with Crippen LogP contribution in [0.2, 0.25) is 0 Å². The number of benzene rings is 2. The lowest BCUT2D eigenvalue weighted by Crippen LogP contribution is -2.41. The second kappa shape index (κ2) is 11.4. The maximum atomic E-state index is 12.1. The van der Waals surface area contributed by atoms with Crippen LogP contribution in [0.1, 0.15) is 13.3 Å². The molecule has 2 aromatic carbocycles. The summed E-state index contributed by atoms with van der Waals surface area (Å²) < 4.78 is 2.89. The average molecular weight is 442 g/mol. The Hall–Kier alpha value is -2.75. The SMILES string of the molecule is CCCNSC(=O)NNC(=O)CSc1nc(-c2ccccc2)c(-c2ccccc2)[nH]1. The van der Waals surface area contributed by atoms with E-state index in [0.717, 1.165) is 40.9 Å². The van der Waals surface area contributed by atoms with Crippen LogP contribution >= 0.6 is 23.7 Å². The number of H-pyrrole nitrogens is 1. The Kier molecular flexibility index (Phi) is 8.37. The lowest BCUT2D eigenvalue weighted by molar-refractivity contribution is -0.119. The van der Waals surface area contributed by atoms with Gasteiger partial charge in [-0.25, -0.2) is 4.98 Å². The molecule has 9 heteroatoms. The zero-order chi connectivity index (χ0) is 21.2. The van der Waals surface area contributed by atoms with Crippen molar-refractivity contribution in [1.82, 2.24) is 25.5 Å². The Morgan fingerprint density at radius 2 is 1.63 bits per heavy atom. The molecule has 2 amide bonds. The number of amides is 2. The highest BCUT2D eigenvalue weighted by molar-refractivity contribution is 8.11. The second-order valence-corrected chi connectivity index (χ2v) is 8.07. The molecule has 0 aliphatic heterocycles. The molecule has 30 heavy (non-hydrogen) atoms. The maximum Gasteiger partial charge on any atom is 0.312 e. The number of thioether (sulfide) groups is 1. The predicted octanol–water partition coefficient (Wildman–Crippen LogP) is 4.22. The molecule has 156 valence electrons. The number of carbonyl (C=O) groups excluding carboxylic acids is 2. The molecule has 4 N–H and O–H groups in total. The molecule has 3 aromatic rings. The van der Waals surface area contributed by atoms with E-state index in [1.54, 1.807) is 0 Å². The van der Waals surface area contributed by atoms with E-state index in [4.69, 9.17) is 4.98 Å². The first-order chi connectivity index (χ1) is 14.7. The highest BCUT2D eigenvalue weighted by Crippen LogP contribution is 2.32. The third-order valence-corrected chi connectivity index (χ3v) is 5.46. The normalized spacial score (nSPS) is 10.6. The molecule has 3 rings (SSSR count). The highest BCUT2D eigenvalue weighted by Gasteiger charge is 2.15. The maximum absolute atomic E-state index is 12.1. The molecular formula is C21H23N5O2S2. The predicted molar refractivity (Wildman–Crippen MR) is 123 cm³/mol. The summed E-state index contributed by atoms with van der Waals surface area (Å²) in [7, 11) is 0. The lowest BCUT2D eigenvalue weighted by atomic mass is 10.1. The number of rotatable bonds is 8. The van der Waals surface area contributed by atoms with Gasteiger partial charge in [0.15, 0.2) is 5.16 Å². The van der Waals surface area contributed by atoms with Gasteiger partial charge in [0, 0.05) is 29.6 Å². The summed E-state index contributed by atoms with van der Waals surface area (Å²) >= 11 is 2.19. The standard InChI is InChI=1S/C21H23N5O2S2/c1-2-13-22-30-21(28)26-25-17(27)14-29-20-23-18(15-9-5-3-6-10-15)19(24-20)16-11-7-4-8-12-16/h3-12,22H,2,13-14H2,1H3,(H,23,24)(H,25,27)(H,26,28). The highest BCUT2D eigenvalue weighted by atomic mass is 32.2. The van der Waals surface area contributed by atoms with Gasteiger partial charge in [0.1, 0.15) is 0 Å². The van der Waals surface area contributed by atoms with Crippen molar-refractivity contribution in [2.45, 2.75) is 18.5 Å². The summed E-state index contributed by atoms with van der Waals surface area (Å²) in [5.41, 5.74) is 8.51. The summed E-state index contributed by atoms with van der Waals surface area (Å²) in [5.74, 6) is -0.202. The number of aromatic amines is 1. The van der Waals surface area contributed by atoms with Crippen LogP contribution in [0.3, 0.4) is 0 Å². The number of nitrogens with one attached hydrogen (secondary N) is 4. The van der Waals surface area contributed by atoms with E-state index in [2.05, 4.69) is 20.6 Å². The molecule has 0 bridgehead atoms. The van der Waals surface area contributed by atoms with Crippen LogP contribution in [0.15, 0.2) is 65.8 Å². The van der Waals surface area contributed by atoms with Crippen LogP contribution in [-0.2, 0) is 4.79 Å². The second-order valence-electron chi connectivity index (χ2n) is 6.24. The van der Waals surface area contributed by atoms with Crippen LogP contribution in [0.4, 0.5) is 4.79 Å². The van der Waals surface area contributed by atoms with E-state index in [-0.39, 0.29) is 16.9 Å². The molecule has 7 nitrogen and oxygen atoms in total. The van der Waals surface area contributed by atoms with Gasteiger partial charge in [-0.3, -0.25) is 25.2 Å². The minimum absolute atomic E-state index is 0.114. The fraction of sp³-hybridized carbons (Fsp3) is 0.190. The summed E-state index contributed by atoms with van der Waals surface area (Å²) in [6, 6.07) is 19.8. The number of carbonyl (C=O) groups is 2. The van der Waals surface area contributed by atoms with Gasteiger partial charge in [-0.15, -0.1) is 0 Å². The summed E-state index contributed by atoms with van der Waals surface area (Å²) in [6.07, 6.45) is 0.919. The first-order valence-electron chi connectivity index (χ1n) is 9.49. The molecule has 0 unspecified atom stereocenters. The van der Waals surface area contributed by atoms with Crippen molar-refractivity contribution >= 4 is 34.9 Å². The van der Waals surface area contributed by atoms with Gasteiger partial charge >= 0.3 is 5.24 Å². The molecule has 0 spiro atoms. The third kappa shape index (κ3) is 6.38. The van der Waals surface area contributed by atoms with E-state index in [1.165, 1.54) is 11.8 Å². The van der Waals surface area contributed by atoms with Gasteiger partial charge in [0.2, 0.25) is 5.91 Å². The van der Waals surface area contributed by atoms with Crippen molar-refractivity contribution < 1.29 is 9.59 Å². The first-order valence-corrected chi connectivity index (χ1v) is 11.3. The lowest BCUT2D eigenvalue weighted by Gasteiger charge is -2.06. The number of hydrogen-bond acceptors (Lipinski definition) is 6. The van der Waals surface area contributed by atoms with Gasteiger partial charge in [-0.1, -0.05) is 79.3 Å². The third-order valence-electron chi connectivity index (χ3n) is 3.95. The molecular weight excluding hydrogens is 418 g/mol. The Bertz CT molecular complexity index is 907. The number of hydrazine groups is 1. The number of imidazole rings is 1. The van der Waals surface area contributed by atoms with Gasteiger partial charge < -0.3 is 4.98 Å². The summed E-state index contributed by atoms with van der Waals surface area (Å²) in [4.78, 5) is 31.7. The van der Waals surface area contributed by atoms with Gasteiger partial charge in [0.05, 0.1) is 17.1 Å². The van der Waals surface area contributed by atoms with Crippen molar-refractivity contribution in [2.24, 2.45) is 0 Å². The molecule has 1 heterocycles. The Morgan fingerprint density at radius 1 is 0.967 bits per heavy atom. The number of aromatic nitrogens is 2. The van der Waals surface area contributed by atoms with E-state index >= 15 is 0 Å². The largest absolute Gasteiger partial charge is 0.332 e. The van der Waals surface area contributed by atoms with Crippen molar-refractivity contribution in [3.8, 4) is 22.5 Å². The zero-order valence-electron chi connectivity index (χ0n) is 16.5. The molecule has 0 saturated carbocycles. The number of nitrogens with zero attached hydrogens (tertiary/aromatic N) is 1.